The first kappa shape index (κ1) is 36.4. The van der Waals surface area contributed by atoms with Crippen LogP contribution in [0.5, 0.6) is 0 Å². The minimum Gasteiger partial charge on any atom is -0.370 e. The fraction of sp³-hybridized carbons (Fsp3) is 0.439. The van der Waals surface area contributed by atoms with Gasteiger partial charge in [-0.15, -0.1) is 0 Å². The van der Waals surface area contributed by atoms with Crippen molar-refractivity contribution in [1.82, 2.24) is 34.6 Å². The van der Waals surface area contributed by atoms with Gasteiger partial charge in [-0.05, 0) is 74.6 Å². The third kappa shape index (κ3) is 6.55. The Kier molecular flexibility index (Phi) is 9.20. The summed E-state index contributed by atoms with van der Waals surface area (Å²) in [6.45, 7) is 7.26. The Hall–Kier alpha value is -6.19. The van der Waals surface area contributed by atoms with Gasteiger partial charge in [-0.3, -0.25) is 38.7 Å². The maximum atomic E-state index is 13.6. The average molecular weight is 773 g/mol. The Bertz CT molecular complexity index is 2390. The summed E-state index contributed by atoms with van der Waals surface area (Å²) in [5.41, 5.74) is 4.33. The second kappa shape index (κ2) is 14.4. The summed E-state index contributed by atoms with van der Waals surface area (Å²) in [6.07, 6.45) is 7.78. The molecule has 0 spiro atoms. The van der Waals surface area contributed by atoms with Crippen LogP contribution in [-0.2, 0) is 20.9 Å². The van der Waals surface area contributed by atoms with Crippen molar-refractivity contribution in [3.8, 4) is 0 Å². The van der Waals surface area contributed by atoms with Crippen LogP contribution < -0.4 is 26.0 Å². The van der Waals surface area contributed by atoms with E-state index < -0.39 is 11.9 Å². The number of nitrogens with one attached hydrogen (secondary N) is 2. The van der Waals surface area contributed by atoms with Gasteiger partial charge in [0.15, 0.2) is 5.78 Å². The van der Waals surface area contributed by atoms with Crippen LogP contribution in [-0.4, -0.2) is 104 Å². The molecule has 5 aliphatic rings. The van der Waals surface area contributed by atoms with Crippen LogP contribution in [0, 0.1) is 12.8 Å². The van der Waals surface area contributed by atoms with Crippen molar-refractivity contribution >= 4 is 63.6 Å². The number of aromatic nitrogens is 4. The van der Waals surface area contributed by atoms with Crippen LogP contribution >= 0.6 is 0 Å². The van der Waals surface area contributed by atoms with E-state index in [0.29, 0.717) is 86.2 Å². The second-order valence-electron chi connectivity index (χ2n) is 15.8. The van der Waals surface area contributed by atoms with Gasteiger partial charge in [-0.25, -0.2) is 9.97 Å². The third-order valence-corrected chi connectivity index (χ3v) is 12.3. The highest BCUT2D eigenvalue weighted by atomic mass is 16.2. The molecular formula is C41H44N10O6. The van der Waals surface area contributed by atoms with Crippen LogP contribution in [0.4, 0.5) is 23.1 Å². The molecule has 2 N–H and O–H groups in total. The largest absolute Gasteiger partial charge is 0.370 e. The molecule has 9 rings (SSSR count). The van der Waals surface area contributed by atoms with Gasteiger partial charge in [0.2, 0.25) is 23.7 Å². The number of imide groups is 1. The van der Waals surface area contributed by atoms with E-state index in [0.717, 1.165) is 42.6 Å². The van der Waals surface area contributed by atoms with E-state index in [1.54, 1.807) is 34.9 Å². The lowest BCUT2D eigenvalue weighted by atomic mass is 9.96. The Morgan fingerprint density at radius 3 is 2.33 bits per heavy atom. The van der Waals surface area contributed by atoms with Gasteiger partial charge < -0.3 is 24.9 Å². The number of carbonyl (C=O) groups excluding carboxylic acids is 5. The highest BCUT2D eigenvalue weighted by Crippen LogP contribution is 2.35. The summed E-state index contributed by atoms with van der Waals surface area (Å²) in [4.78, 5) is 98.3. The van der Waals surface area contributed by atoms with E-state index in [4.69, 9.17) is 4.98 Å². The molecule has 16 heteroatoms. The molecule has 1 unspecified atom stereocenters. The lowest BCUT2D eigenvalue weighted by Crippen LogP contribution is -2.58. The van der Waals surface area contributed by atoms with E-state index in [-0.39, 0.29) is 53.0 Å². The van der Waals surface area contributed by atoms with E-state index in [1.807, 2.05) is 29.2 Å². The first-order chi connectivity index (χ1) is 27.5. The number of benzene rings is 1. The van der Waals surface area contributed by atoms with Crippen molar-refractivity contribution in [2.45, 2.75) is 71.0 Å². The Balaban J connectivity index is 0.791. The number of carbonyl (C=O) groups is 5. The van der Waals surface area contributed by atoms with Gasteiger partial charge in [0.25, 0.3) is 11.5 Å². The molecular weight excluding hydrogens is 729 g/mol. The van der Waals surface area contributed by atoms with Crippen LogP contribution in [0.15, 0.2) is 47.5 Å². The minimum atomic E-state index is -0.652. The highest BCUT2D eigenvalue weighted by Gasteiger charge is 2.41. The number of pyridine rings is 2. The van der Waals surface area contributed by atoms with E-state index in [1.165, 1.54) is 6.92 Å². The van der Waals surface area contributed by atoms with Crippen molar-refractivity contribution in [2.75, 3.05) is 54.4 Å². The number of rotatable bonds is 8. The number of nitrogens with zero attached hydrogens (tertiary/aromatic N) is 8. The third-order valence-electron chi connectivity index (χ3n) is 12.3. The van der Waals surface area contributed by atoms with Crippen molar-refractivity contribution in [3.63, 3.8) is 0 Å². The van der Waals surface area contributed by atoms with E-state index in [2.05, 4.69) is 30.4 Å². The number of hydrogen-bond donors (Lipinski definition) is 2. The normalized spacial score (nSPS) is 20.2. The Morgan fingerprint density at radius 2 is 1.63 bits per heavy atom. The molecule has 0 radical (unpaired) electrons. The minimum absolute atomic E-state index is 0.00880. The zero-order valence-electron chi connectivity index (χ0n) is 32.0. The highest BCUT2D eigenvalue weighted by molar-refractivity contribution is 6.05. The van der Waals surface area contributed by atoms with Gasteiger partial charge >= 0.3 is 0 Å². The van der Waals surface area contributed by atoms with Crippen molar-refractivity contribution < 1.29 is 24.0 Å². The fourth-order valence-corrected chi connectivity index (χ4v) is 9.12. The molecule has 1 atom stereocenters. The number of piperidine rings is 1. The van der Waals surface area contributed by atoms with Gasteiger partial charge in [-0.1, -0.05) is 12.8 Å². The van der Waals surface area contributed by atoms with Crippen molar-refractivity contribution in [1.29, 1.82) is 0 Å². The summed E-state index contributed by atoms with van der Waals surface area (Å²) in [7, 11) is 0. The molecule has 4 aromatic rings. The standard InChI is InChI=1S/C41H44N10O6/c1-23-31-19-43-41(46-36(31)51(27-5-3-4-6-27)40(57)35(23)24(2)52)44-33-11-8-29(18-42-33)47-13-15-48(16-14-47)38(55)26-20-49(21-26)28-7-9-30-25(17-28)22-50(39(30)56)32-10-12-34(53)45-37(32)54/h7-9,11,17-19,26-27,32H,3-6,10,12-16,20-22H2,1-2H3,(H,45,53,54)(H,42,43,44,46). The summed E-state index contributed by atoms with van der Waals surface area (Å²) >= 11 is 0. The molecule has 16 nitrogen and oxygen atoms in total. The molecule has 7 heterocycles. The number of ketones is 1. The molecule has 57 heavy (non-hydrogen) atoms. The second-order valence-corrected chi connectivity index (χ2v) is 15.8. The van der Waals surface area contributed by atoms with Crippen molar-refractivity contribution in [2.24, 2.45) is 5.92 Å². The first-order valence-corrected chi connectivity index (χ1v) is 19.8. The molecule has 3 saturated heterocycles. The fourth-order valence-electron chi connectivity index (χ4n) is 9.12. The number of amides is 4. The lowest BCUT2D eigenvalue weighted by Gasteiger charge is -2.44. The number of fused-ring (bicyclic) bond motifs is 2. The molecule has 1 saturated carbocycles. The molecule has 4 amide bonds. The summed E-state index contributed by atoms with van der Waals surface area (Å²) in [6, 6.07) is 8.85. The number of hydrogen-bond acceptors (Lipinski definition) is 12. The maximum absolute atomic E-state index is 13.6. The number of piperazine rings is 1. The maximum Gasteiger partial charge on any atom is 0.263 e. The van der Waals surface area contributed by atoms with Crippen LogP contribution in [0.1, 0.15) is 83.3 Å². The van der Waals surface area contributed by atoms with Crippen LogP contribution in [0.25, 0.3) is 11.0 Å². The number of Topliss-reactive ketones (excluding diaryl/α,β-unsaturated/α-hetero) is 1. The summed E-state index contributed by atoms with van der Waals surface area (Å²) in [5, 5.41) is 6.21. The zero-order chi connectivity index (χ0) is 39.5. The molecule has 294 valence electrons. The van der Waals surface area contributed by atoms with Crippen LogP contribution in [0.2, 0.25) is 0 Å². The molecule has 1 aliphatic carbocycles. The van der Waals surface area contributed by atoms with Crippen LogP contribution in [0.3, 0.4) is 0 Å². The van der Waals surface area contributed by atoms with Gasteiger partial charge in [-0.2, -0.15) is 4.98 Å². The van der Waals surface area contributed by atoms with Crippen molar-refractivity contribution in [3.05, 3.63) is 75.3 Å². The lowest BCUT2D eigenvalue weighted by molar-refractivity contribution is -0.137. The summed E-state index contributed by atoms with van der Waals surface area (Å²) in [5.74, 6) is -0.293. The molecule has 1 aromatic carbocycles. The predicted octanol–water partition coefficient (Wildman–Crippen LogP) is 3.10. The monoisotopic (exact) mass is 772 g/mol. The molecule has 0 bridgehead atoms. The number of anilines is 4. The average Bonchev–Trinajstić information content (AvgIpc) is 3.82. The number of aryl methyl sites for hydroxylation is 1. The smallest absolute Gasteiger partial charge is 0.263 e. The van der Waals surface area contributed by atoms with E-state index >= 15 is 0 Å². The molecule has 3 aromatic heterocycles. The van der Waals surface area contributed by atoms with Gasteiger partial charge in [0.05, 0.1) is 23.4 Å². The van der Waals surface area contributed by atoms with Gasteiger partial charge in [0.1, 0.15) is 17.5 Å². The summed E-state index contributed by atoms with van der Waals surface area (Å²) < 4.78 is 1.69. The molecule has 4 aliphatic heterocycles. The molecule has 4 fully saturated rings. The van der Waals surface area contributed by atoms with Gasteiger partial charge in [0, 0.05) is 81.1 Å². The predicted molar refractivity (Wildman–Crippen MR) is 211 cm³/mol. The SMILES string of the molecule is CC(=O)c1c(C)c2cnc(Nc3ccc(N4CCN(C(=O)C5CN(c6ccc7c(c6)CN(C6CCC(=O)NC6=O)C7=O)C5)CC4)cn3)nc2n(C2CCCC2)c1=O. The quantitative estimate of drug-likeness (QED) is 0.198. The first-order valence-electron chi connectivity index (χ1n) is 19.8. The van der Waals surface area contributed by atoms with E-state index in [9.17, 15) is 28.8 Å². The topological polar surface area (TPSA) is 183 Å². The Morgan fingerprint density at radius 1 is 0.877 bits per heavy atom. The Labute approximate surface area is 328 Å². The zero-order valence-corrected chi connectivity index (χ0v) is 32.0.